The first-order chi connectivity index (χ1) is 6.45. The Balaban J connectivity index is 1.90. The molecule has 1 fully saturated rings. The standard InChI is InChI=1S/C11H14NO/c1-2-5-10(6-3-1)12-11-7-4-8-13-9-11/h1-3,5-6,9,11-12H,4,7-8H2. The molecule has 0 saturated carbocycles. The van der Waals surface area contributed by atoms with Crippen LogP contribution in [0.3, 0.4) is 0 Å². The second-order valence-electron chi connectivity index (χ2n) is 3.27. The Morgan fingerprint density at radius 1 is 1.23 bits per heavy atom. The lowest BCUT2D eigenvalue weighted by atomic mass is 10.1. The van der Waals surface area contributed by atoms with Crippen LogP contribution in [0.15, 0.2) is 30.3 Å². The molecule has 69 valence electrons. The second kappa shape index (κ2) is 4.28. The number of hydrogen-bond acceptors (Lipinski definition) is 2. The molecule has 1 atom stereocenters. The molecule has 1 aromatic rings. The van der Waals surface area contributed by atoms with Gasteiger partial charge in [0.2, 0.25) is 0 Å². The fraction of sp³-hybridized carbons (Fsp3) is 0.364. The van der Waals surface area contributed by atoms with Crippen molar-refractivity contribution in [2.45, 2.75) is 18.9 Å². The van der Waals surface area contributed by atoms with Gasteiger partial charge < -0.3 is 10.1 Å². The highest BCUT2D eigenvalue weighted by Crippen LogP contribution is 2.15. The van der Waals surface area contributed by atoms with Crippen LogP contribution in [0.4, 0.5) is 5.69 Å². The van der Waals surface area contributed by atoms with Gasteiger partial charge in [-0.1, -0.05) is 18.2 Å². The first-order valence-corrected chi connectivity index (χ1v) is 4.72. The van der Waals surface area contributed by atoms with E-state index in [1.54, 1.807) is 0 Å². The number of hydrogen-bond donors (Lipinski definition) is 1. The van der Waals surface area contributed by atoms with Gasteiger partial charge in [-0.05, 0) is 25.0 Å². The van der Waals surface area contributed by atoms with E-state index in [0.717, 1.165) is 25.1 Å². The largest absolute Gasteiger partial charge is 0.380 e. The predicted molar refractivity (Wildman–Crippen MR) is 53.3 cm³/mol. The van der Waals surface area contributed by atoms with E-state index in [1.165, 1.54) is 0 Å². The third kappa shape index (κ3) is 2.46. The molecule has 1 N–H and O–H groups in total. The van der Waals surface area contributed by atoms with Crippen LogP contribution < -0.4 is 5.32 Å². The van der Waals surface area contributed by atoms with Crippen molar-refractivity contribution in [2.75, 3.05) is 11.9 Å². The van der Waals surface area contributed by atoms with E-state index in [4.69, 9.17) is 4.74 Å². The normalized spacial score (nSPS) is 22.6. The van der Waals surface area contributed by atoms with Crippen molar-refractivity contribution in [2.24, 2.45) is 0 Å². The molecular weight excluding hydrogens is 162 g/mol. The lowest BCUT2D eigenvalue weighted by Crippen LogP contribution is -2.25. The molecule has 1 aliphatic rings. The lowest BCUT2D eigenvalue weighted by Gasteiger charge is -2.23. The Morgan fingerprint density at radius 2 is 2.08 bits per heavy atom. The Morgan fingerprint density at radius 3 is 2.77 bits per heavy atom. The molecule has 1 aliphatic heterocycles. The molecule has 0 aliphatic carbocycles. The van der Waals surface area contributed by atoms with Crippen molar-refractivity contribution < 1.29 is 4.74 Å². The summed E-state index contributed by atoms with van der Waals surface area (Å²) in [6, 6.07) is 10.6. The molecule has 0 spiro atoms. The van der Waals surface area contributed by atoms with Crippen LogP contribution in [0.25, 0.3) is 0 Å². The number of nitrogens with one attached hydrogen (secondary N) is 1. The molecule has 2 rings (SSSR count). The van der Waals surface area contributed by atoms with Gasteiger partial charge in [-0.15, -0.1) is 0 Å². The van der Waals surface area contributed by atoms with Crippen LogP contribution >= 0.6 is 0 Å². The summed E-state index contributed by atoms with van der Waals surface area (Å²) in [5.74, 6) is 0. The van der Waals surface area contributed by atoms with Gasteiger partial charge in [-0.25, -0.2) is 0 Å². The maximum atomic E-state index is 5.27. The van der Waals surface area contributed by atoms with Crippen LogP contribution in [0.2, 0.25) is 0 Å². The van der Waals surface area contributed by atoms with Crippen molar-refractivity contribution in [1.82, 2.24) is 0 Å². The molecule has 0 bridgehead atoms. The highest BCUT2D eigenvalue weighted by molar-refractivity contribution is 5.43. The topological polar surface area (TPSA) is 21.3 Å². The molecule has 2 nitrogen and oxygen atoms in total. The van der Waals surface area contributed by atoms with E-state index in [2.05, 4.69) is 17.4 Å². The fourth-order valence-electron chi connectivity index (χ4n) is 1.49. The molecular formula is C11H14NO. The molecule has 1 heterocycles. The Kier molecular flexibility index (Phi) is 2.82. The molecule has 1 unspecified atom stereocenters. The molecule has 1 saturated heterocycles. The summed E-state index contributed by atoms with van der Waals surface area (Å²) in [5, 5.41) is 3.40. The SMILES string of the molecule is [CH]1OCCCC1Nc1ccccc1. The van der Waals surface area contributed by atoms with E-state index in [9.17, 15) is 0 Å². The summed E-state index contributed by atoms with van der Waals surface area (Å²) in [7, 11) is 0. The highest BCUT2D eigenvalue weighted by Gasteiger charge is 2.13. The molecule has 0 amide bonds. The maximum Gasteiger partial charge on any atom is 0.106 e. The predicted octanol–water partition coefficient (Wildman–Crippen LogP) is 2.44. The average Bonchev–Trinajstić information content (AvgIpc) is 2.21. The average molecular weight is 176 g/mol. The van der Waals surface area contributed by atoms with Gasteiger partial charge >= 0.3 is 0 Å². The Bertz CT molecular complexity index is 242. The van der Waals surface area contributed by atoms with Gasteiger partial charge in [0.1, 0.15) is 6.61 Å². The second-order valence-corrected chi connectivity index (χ2v) is 3.27. The summed E-state index contributed by atoms with van der Waals surface area (Å²) in [4.78, 5) is 0. The van der Waals surface area contributed by atoms with Crippen LogP contribution in [0.1, 0.15) is 12.8 Å². The lowest BCUT2D eigenvalue weighted by molar-refractivity contribution is 0.147. The van der Waals surface area contributed by atoms with Crippen molar-refractivity contribution in [3.05, 3.63) is 36.9 Å². The first-order valence-electron chi connectivity index (χ1n) is 4.72. The van der Waals surface area contributed by atoms with Gasteiger partial charge in [0, 0.05) is 12.3 Å². The highest BCUT2D eigenvalue weighted by atomic mass is 16.5. The van der Waals surface area contributed by atoms with Gasteiger partial charge in [0.15, 0.2) is 0 Å². The Hall–Kier alpha value is -1.02. The maximum absolute atomic E-state index is 5.27. The third-order valence-electron chi connectivity index (χ3n) is 2.16. The summed E-state index contributed by atoms with van der Waals surface area (Å²) >= 11 is 0. The molecule has 1 radical (unpaired) electrons. The number of anilines is 1. The van der Waals surface area contributed by atoms with Crippen LogP contribution in [-0.4, -0.2) is 12.6 Å². The number of para-hydroxylation sites is 1. The van der Waals surface area contributed by atoms with Gasteiger partial charge in [-0.3, -0.25) is 0 Å². The molecule has 1 aromatic carbocycles. The fourth-order valence-corrected chi connectivity index (χ4v) is 1.49. The van der Waals surface area contributed by atoms with Gasteiger partial charge in [0.05, 0.1) is 6.04 Å². The number of ether oxygens (including phenoxy) is 1. The van der Waals surface area contributed by atoms with E-state index in [1.807, 2.05) is 24.8 Å². The molecule has 2 heteroatoms. The third-order valence-corrected chi connectivity index (χ3v) is 2.16. The van der Waals surface area contributed by atoms with Crippen molar-refractivity contribution >= 4 is 5.69 Å². The summed E-state index contributed by atoms with van der Waals surface area (Å²) in [6.45, 7) is 2.77. The quantitative estimate of drug-likeness (QED) is 0.747. The summed E-state index contributed by atoms with van der Waals surface area (Å²) < 4.78 is 5.27. The van der Waals surface area contributed by atoms with E-state index < -0.39 is 0 Å². The zero-order valence-electron chi connectivity index (χ0n) is 7.57. The minimum absolute atomic E-state index is 0.371. The van der Waals surface area contributed by atoms with E-state index in [0.29, 0.717) is 6.04 Å². The summed E-state index contributed by atoms with van der Waals surface area (Å²) in [5.41, 5.74) is 1.16. The van der Waals surface area contributed by atoms with Crippen molar-refractivity contribution in [1.29, 1.82) is 0 Å². The van der Waals surface area contributed by atoms with E-state index >= 15 is 0 Å². The number of benzene rings is 1. The monoisotopic (exact) mass is 176 g/mol. The zero-order valence-corrected chi connectivity index (χ0v) is 7.57. The van der Waals surface area contributed by atoms with Gasteiger partial charge in [0.25, 0.3) is 0 Å². The minimum atomic E-state index is 0.371. The molecule has 13 heavy (non-hydrogen) atoms. The van der Waals surface area contributed by atoms with Crippen LogP contribution in [-0.2, 0) is 4.74 Å². The molecule has 0 aromatic heterocycles. The summed E-state index contributed by atoms with van der Waals surface area (Å²) in [6.07, 6.45) is 2.30. The minimum Gasteiger partial charge on any atom is -0.380 e. The Labute approximate surface area is 78.9 Å². The van der Waals surface area contributed by atoms with Crippen LogP contribution in [0, 0.1) is 6.61 Å². The zero-order chi connectivity index (χ0) is 8.93. The first kappa shape index (κ1) is 8.57. The van der Waals surface area contributed by atoms with Gasteiger partial charge in [-0.2, -0.15) is 0 Å². The van der Waals surface area contributed by atoms with Crippen LogP contribution in [0.5, 0.6) is 0 Å². The van der Waals surface area contributed by atoms with Crippen molar-refractivity contribution in [3.63, 3.8) is 0 Å². The smallest absolute Gasteiger partial charge is 0.106 e. The van der Waals surface area contributed by atoms with Crippen molar-refractivity contribution in [3.8, 4) is 0 Å². The van der Waals surface area contributed by atoms with E-state index in [-0.39, 0.29) is 0 Å². The number of rotatable bonds is 2.